The van der Waals surface area contributed by atoms with Crippen LogP contribution in [0.15, 0.2) is 68.9 Å². The van der Waals surface area contributed by atoms with Crippen molar-refractivity contribution in [3.63, 3.8) is 0 Å². The summed E-state index contributed by atoms with van der Waals surface area (Å²) >= 11 is 3.28. The van der Waals surface area contributed by atoms with E-state index >= 15 is 0 Å². The van der Waals surface area contributed by atoms with Gasteiger partial charge >= 0.3 is 5.97 Å². The molecule has 5 aliphatic rings. The number of rotatable bonds is 4. The molecule has 1 N–H and O–H groups in total. The van der Waals surface area contributed by atoms with Crippen LogP contribution in [0.3, 0.4) is 0 Å². The highest BCUT2D eigenvalue weighted by Gasteiger charge is 2.54. The van der Waals surface area contributed by atoms with Gasteiger partial charge in [-0.05, 0) is 60.0 Å². The van der Waals surface area contributed by atoms with E-state index in [0.717, 1.165) is 11.1 Å². The molecule has 0 saturated heterocycles. The zero-order valence-corrected chi connectivity index (χ0v) is 20.9. The van der Waals surface area contributed by atoms with Crippen molar-refractivity contribution < 1.29 is 28.7 Å². The zero-order valence-electron chi connectivity index (χ0n) is 19.4. The Morgan fingerprint density at radius 1 is 0.886 bits per heavy atom. The molecule has 0 spiro atoms. The minimum atomic E-state index is -0.803. The van der Waals surface area contributed by atoms with Gasteiger partial charge in [-0.25, -0.2) is 0 Å². The highest BCUT2D eigenvalue weighted by Crippen LogP contribution is 2.58. The van der Waals surface area contributed by atoms with Crippen LogP contribution in [0, 0.1) is 0 Å². The van der Waals surface area contributed by atoms with Crippen LogP contribution >= 0.6 is 15.9 Å². The fourth-order valence-electron chi connectivity index (χ4n) is 5.26. The summed E-state index contributed by atoms with van der Waals surface area (Å²) in [5.74, 6) is -3.51. The Bertz CT molecular complexity index is 1380. The molecule has 0 saturated carbocycles. The quantitative estimate of drug-likeness (QED) is 0.465. The third-order valence-electron chi connectivity index (χ3n) is 6.46. The first kappa shape index (κ1) is 23.4. The molecule has 8 heteroatoms. The van der Waals surface area contributed by atoms with E-state index in [4.69, 9.17) is 4.74 Å². The van der Waals surface area contributed by atoms with Crippen LogP contribution in [-0.2, 0) is 28.7 Å². The Morgan fingerprint density at radius 2 is 1.40 bits per heavy atom. The fraction of sp³-hybridized carbons (Fsp3) is 0.296. The van der Waals surface area contributed by atoms with Crippen molar-refractivity contribution in [2.45, 2.75) is 44.6 Å². The minimum Gasteiger partial charge on any atom is -0.460 e. The summed E-state index contributed by atoms with van der Waals surface area (Å²) in [5.41, 5.74) is 1.92. The van der Waals surface area contributed by atoms with E-state index in [-0.39, 0.29) is 57.0 Å². The summed E-state index contributed by atoms with van der Waals surface area (Å²) in [6, 6.07) is 7.29. The van der Waals surface area contributed by atoms with Crippen LogP contribution in [0.1, 0.15) is 50.2 Å². The van der Waals surface area contributed by atoms with Crippen LogP contribution in [0.4, 0.5) is 0 Å². The van der Waals surface area contributed by atoms with Gasteiger partial charge in [-0.2, -0.15) is 0 Å². The molecule has 0 fully saturated rings. The average molecular weight is 536 g/mol. The monoisotopic (exact) mass is 535 g/mol. The van der Waals surface area contributed by atoms with Gasteiger partial charge in [-0.3, -0.25) is 24.0 Å². The highest BCUT2D eigenvalue weighted by atomic mass is 79.9. The van der Waals surface area contributed by atoms with Crippen LogP contribution < -0.4 is 5.32 Å². The van der Waals surface area contributed by atoms with Gasteiger partial charge < -0.3 is 10.1 Å². The van der Waals surface area contributed by atoms with Gasteiger partial charge in [0.2, 0.25) is 5.78 Å². The van der Waals surface area contributed by atoms with Crippen molar-refractivity contribution in [1.29, 1.82) is 0 Å². The zero-order chi connectivity index (χ0) is 25.2. The van der Waals surface area contributed by atoms with Gasteiger partial charge in [-0.15, -0.1) is 0 Å². The molecule has 7 nitrogen and oxygen atoms in total. The summed E-state index contributed by atoms with van der Waals surface area (Å²) in [4.78, 5) is 65.3. The second kappa shape index (κ2) is 8.09. The number of halogens is 1. The lowest BCUT2D eigenvalue weighted by Gasteiger charge is -2.44. The van der Waals surface area contributed by atoms with Crippen LogP contribution in [-0.4, -0.2) is 41.2 Å². The molecule has 178 valence electrons. The minimum absolute atomic E-state index is 0.00358. The molecule has 0 amide bonds. The van der Waals surface area contributed by atoms with E-state index in [1.807, 2.05) is 24.3 Å². The molecule has 5 aliphatic carbocycles. The van der Waals surface area contributed by atoms with Crippen molar-refractivity contribution in [2.24, 2.45) is 0 Å². The van der Waals surface area contributed by atoms with E-state index in [1.165, 1.54) is 12.2 Å². The Balaban J connectivity index is 1.52. The number of esters is 1. The largest absolute Gasteiger partial charge is 0.460 e. The molecule has 35 heavy (non-hydrogen) atoms. The Hall–Kier alpha value is -3.39. The molecule has 0 aliphatic heterocycles. The number of carbonyl (C=O) groups is 5. The lowest BCUT2D eigenvalue weighted by atomic mass is 9.56. The van der Waals surface area contributed by atoms with E-state index in [1.54, 1.807) is 20.8 Å². The smallest absolute Gasteiger partial charge is 0.308 e. The van der Waals surface area contributed by atoms with Gasteiger partial charge in [0.15, 0.2) is 17.3 Å². The van der Waals surface area contributed by atoms with Crippen molar-refractivity contribution >= 4 is 45.0 Å². The van der Waals surface area contributed by atoms with Crippen LogP contribution in [0.25, 0.3) is 0 Å². The topological polar surface area (TPSA) is 107 Å². The number of allylic oxidation sites excluding steroid dienone is 7. The predicted octanol–water partition coefficient (Wildman–Crippen LogP) is 3.26. The summed E-state index contributed by atoms with van der Waals surface area (Å²) in [7, 11) is 0. The van der Waals surface area contributed by atoms with E-state index in [9.17, 15) is 24.0 Å². The standard InChI is InChI=1S/C27H22BrNO6/c1-27(2,3)35-16(32)10-11-29-24-23(28)25(33)21-17-12-6-4-5-7-13(12)18(22(21)26(24)34)20-15(31)9-8-14(30)19(17)20/h4-9,17-18,29H,10-11H2,1-3H3/t17-,18+/m0/s1. The van der Waals surface area contributed by atoms with Gasteiger partial charge in [0.05, 0.1) is 10.9 Å². The first-order valence-corrected chi connectivity index (χ1v) is 12.1. The maximum Gasteiger partial charge on any atom is 0.308 e. The first-order chi connectivity index (χ1) is 16.5. The van der Waals surface area contributed by atoms with Crippen molar-refractivity contribution in [3.8, 4) is 0 Å². The third kappa shape index (κ3) is 3.58. The Morgan fingerprint density at radius 3 is 1.91 bits per heavy atom. The lowest BCUT2D eigenvalue weighted by molar-refractivity contribution is -0.154. The molecule has 0 aromatic heterocycles. The Kier molecular flexibility index (Phi) is 5.40. The summed E-state index contributed by atoms with van der Waals surface area (Å²) in [5, 5.41) is 2.92. The molecular formula is C27H22BrNO6. The van der Waals surface area contributed by atoms with Gasteiger partial charge in [0.1, 0.15) is 11.3 Å². The van der Waals surface area contributed by atoms with Crippen LogP contribution in [0.5, 0.6) is 0 Å². The van der Waals surface area contributed by atoms with Crippen molar-refractivity contribution in [2.75, 3.05) is 6.54 Å². The predicted molar refractivity (Wildman–Crippen MR) is 130 cm³/mol. The van der Waals surface area contributed by atoms with Crippen molar-refractivity contribution in [1.82, 2.24) is 5.32 Å². The van der Waals surface area contributed by atoms with E-state index in [2.05, 4.69) is 21.2 Å². The first-order valence-electron chi connectivity index (χ1n) is 11.3. The molecule has 0 unspecified atom stereocenters. The SMILES string of the molecule is CC(C)(C)OC(=O)CCNC1=C(Br)C(=O)C2=C(C1=O)[C@H]1C3=C(C(=O)C=CC3=O)[C@@H]2c2ccccc21. The van der Waals surface area contributed by atoms with Gasteiger partial charge in [-0.1, -0.05) is 24.3 Å². The highest BCUT2D eigenvalue weighted by molar-refractivity contribution is 9.12. The maximum atomic E-state index is 13.8. The molecule has 6 rings (SSSR count). The van der Waals surface area contributed by atoms with Gasteiger partial charge in [0, 0.05) is 40.7 Å². The number of carbonyl (C=O) groups excluding carboxylic acids is 5. The second-order valence-corrected chi connectivity index (χ2v) is 10.6. The Labute approximate surface area is 210 Å². The number of ketones is 4. The molecule has 0 heterocycles. The van der Waals surface area contributed by atoms with Crippen molar-refractivity contribution in [3.05, 3.63) is 80.0 Å². The molecule has 1 aromatic rings. The molecule has 2 atom stereocenters. The molecule has 2 bridgehead atoms. The molecule has 1 aromatic carbocycles. The van der Waals surface area contributed by atoms with E-state index < -0.39 is 35.0 Å². The third-order valence-corrected chi connectivity index (χ3v) is 7.21. The van der Waals surface area contributed by atoms with E-state index in [0.29, 0.717) is 0 Å². The number of hydrogen-bond acceptors (Lipinski definition) is 7. The fourth-order valence-corrected chi connectivity index (χ4v) is 5.80. The number of Topliss-reactive ketones (excluding diaryl/α,β-unsaturated/α-hetero) is 2. The van der Waals surface area contributed by atoms with Crippen LogP contribution in [0.2, 0.25) is 0 Å². The number of ether oxygens (including phenoxy) is 1. The van der Waals surface area contributed by atoms with Gasteiger partial charge in [0.25, 0.3) is 0 Å². The maximum absolute atomic E-state index is 13.8. The summed E-state index contributed by atoms with van der Waals surface area (Å²) in [6.45, 7) is 5.38. The normalized spacial score (nSPS) is 23.0. The number of benzene rings is 1. The lowest BCUT2D eigenvalue weighted by Crippen LogP contribution is -2.43. The molecule has 0 radical (unpaired) electrons. The second-order valence-electron chi connectivity index (χ2n) is 9.82. The summed E-state index contributed by atoms with van der Waals surface area (Å²) in [6.07, 6.45) is 2.45. The molecular weight excluding hydrogens is 514 g/mol. The summed E-state index contributed by atoms with van der Waals surface area (Å²) < 4.78 is 5.34. The number of nitrogens with one attached hydrogen (secondary N) is 1. The number of hydrogen-bond donors (Lipinski definition) is 1. The average Bonchev–Trinajstić information content (AvgIpc) is 2.80.